The van der Waals surface area contributed by atoms with Gasteiger partial charge < -0.3 is 15.4 Å². The molecule has 2 heterocycles. The molecule has 1 aromatic rings. The number of rotatable bonds is 6. The summed E-state index contributed by atoms with van der Waals surface area (Å²) in [5.41, 5.74) is 1.38. The van der Waals surface area contributed by atoms with E-state index < -0.39 is 0 Å². The summed E-state index contributed by atoms with van der Waals surface area (Å²) in [6.07, 6.45) is 2.95. The van der Waals surface area contributed by atoms with Gasteiger partial charge in [0.15, 0.2) is 0 Å². The van der Waals surface area contributed by atoms with Crippen molar-refractivity contribution in [1.29, 1.82) is 0 Å². The molecule has 0 spiro atoms. The van der Waals surface area contributed by atoms with Gasteiger partial charge in [0.1, 0.15) is 0 Å². The first-order chi connectivity index (χ1) is 12.8. The van der Waals surface area contributed by atoms with Crippen LogP contribution in [-0.2, 0) is 11.3 Å². The van der Waals surface area contributed by atoms with E-state index in [1.165, 1.54) is 5.56 Å². The molecule has 0 bridgehead atoms. The van der Waals surface area contributed by atoms with E-state index in [1.807, 2.05) is 0 Å². The van der Waals surface area contributed by atoms with Crippen LogP contribution in [0.15, 0.2) is 30.3 Å². The third kappa shape index (κ3) is 6.59. The van der Waals surface area contributed by atoms with E-state index in [9.17, 15) is 4.79 Å². The molecule has 2 aliphatic rings. The first kappa shape index (κ1) is 19.1. The minimum atomic E-state index is -0.0420. The van der Waals surface area contributed by atoms with Crippen molar-refractivity contribution < 1.29 is 9.53 Å². The highest BCUT2D eigenvalue weighted by atomic mass is 16.5. The van der Waals surface area contributed by atoms with Gasteiger partial charge in [-0.25, -0.2) is 4.79 Å². The average Bonchev–Trinajstić information content (AvgIpc) is 2.93. The summed E-state index contributed by atoms with van der Waals surface area (Å²) in [4.78, 5) is 17.0. The highest BCUT2D eigenvalue weighted by Gasteiger charge is 2.17. The molecule has 26 heavy (non-hydrogen) atoms. The van der Waals surface area contributed by atoms with Crippen molar-refractivity contribution in [1.82, 2.24) is 20.4 Å². The number of carbonyl (C=O) groups is 1. The molecule has 2 N–H and O–H groups in total. The summed E-state index contributed by atoms with van der Waals surface area (Å²) in [5, 5.41) is 6.08. The summed E-state index contributed by atoms with van der Waals surface area (Å²) < 4.78 is 5.43. The molecule has 0 aromatic heterocycles. The van der Waals surface area contributed by atoms with Crippen LogP contribution in [0, 0.1) is 0 Å². The van der Waals surface area contributed by atoms with Gasteiger partial charge in [-0.3, -0.25) is 9.80 Å². The Morgan fingerprint density at radius 3 is 2.62 bits per heavy atom. The molecule has 144 valence electrons. The maximum Gasteiger partial charge on any atom is 0.315 e. The number of benzene rings is 1. The summed E-state index contributed by atoms with van der Waals surface area (Å²) in [6, 6.07) is 10.9. The van der Waals surface area contributed by atoms with Crippen molar-refractivity contribution in [2.75, 3.05) is 52.5 Å². The zero-order valence-corrected chi connectivity index (χ0v) is 15.7. The Labute approximate surface area is 156 Å². The fraction of sp³-hybridized carbons (Fsp3) is 0.650. The largest absolute Gasteiger partial charge is 0.381 e. The maximum atomic E-state index is 12.0. The summed E-state index contributed by atoms with van der Waals surface area (Å²) in [5.74, 6) is 0. The lowest BCUT2D eigenvalue weighted by molar-refractivity contribution is 0.128. The Morgan fingerprint density at radius 1 is 1.04 bits per heavy atom. The molecule has 1 aromatic carbocycles. The van der Waals surface area contributed by atoms with Gasteiger partial charge in [-0.05, 0) is 24.8 Å². The van der Waals surface area contributed by atoms with E-state index in [2.05, 4.69) is 50.8 Å². The lowest BCUT2D eigenvalue weighted by Crippen LogP contribution is -2.49. The SMILES string of the molecule is O=C(NCCN1CCN(Cc2ccccc2)CC1)NC1CCCOCC1. The Bertz CT molecular complexity index is 524. The maximum absolute atomic E-state index is 12.0. The number of amides is 2. The fourth-order valence-corrected chi connectivity index (χ4v) is 3.62. The van der Waals surface area contributed by atoms with Gasteiger partial charge in [0.05, 0.1) is 0 Å². The standard InChI is InChI=1S/C20H32N4O2/c25-20(22-19-7-4-15-26-16-8-19)21-9-10-23-11-13-24(14-12-23)17-18-5-2-1-3-6-18/h1-3,5-6,19H,4,7-17H2,(H2,21,22,25). The average molecular weight is 361 g/mol. The van der Waals surface area contributed by atoms with Crippen molar-refractivity contribution in [2.45, 2.75) is 31.8 Å². The van der Waals surface area contributed by atoms with Crippen molar-refractivity contribution in [3.8, 4) is 0 Å². The highest BCUT2D eigenvalue weighted by molar-refractivity contribution is 5.74. The lowest BCUT2D eigenvalue weighted by atomic mass is 10.1. The molecular formula is C20H32N4O2. The topological polar surface area (TPSA) is 56.8 Å². The van der Waals surface area contributed by atoms with Crippen molar-refractivity contribution >= 4 is 6.03 Å². The van der Waals surface area contributed by atoms with E-state index in [-0.39, 0.29) is 12.1 Å². The molecule has 1 unspecified atom stereocenters. The second-order valence-corrected chi connectivity index (χ2v) is 7.24. The van der Waals surface area contributed by atoms with Gasteiger partial charge in [0, 0.05) is 65.1 Å². The van der Waals surface area contributed by atoms with E-state index in [0.29, 0.717) is 6.54 Å². The van der Waals surface area contributed by atoms with Crippen LogP contribution in [0.25, 0.3) is 0 Å². The molecule has 2 amide bonds. The number of ether oxygens (including phenoxy) is 1. The van der Waals surface area contributed by atoms with Crippen LogP contribution in [0.5, 0.6) is 0 Å². The Kier molecular flexibility index (Phi) is 7.73. The van der Waals surface area contributed by atoms with E-state index >= 15 is 0 Å². The molecule has 3 rings (SSSR count). The van der Waals surface area contributed by atoms with E-state index in [4.69, 9.17) is 4.74 Å². The number of carbonyl (C=O) groups excluding carboxylic acids is 1. The van der Waals surface area contributed by atoms with Crippen LogP contribution in [-0.4, -0.2) is 74.4 Å². The molecule has 2 fully saturated rings. The number of piperazine rings is 1. The Hall–Kier alpha value is -1.63. The number of urea groups is 1. The molecule has 6 nitrogen and oxygen atoms in total. The van der Waals surface area contributed by atoms with Gasteiger partial charge in [0.2, 0.25) is 0 Å². The van der Waals surface area contributed by atoms with Gasteiger partial charge in [0.25, 0.3) is 0 Å². The second-order valence-electron chi connectivity index (χ2n) is 7.24. The first-order valence-electron chi connectivity index (χ1n) is 9.90. The number of nitrogens with zero attached hydrogens (tertiary/aromatic N) is 2. The quantitative estimate of drug-likeness (QED) is 0.810. The number of hydrogen-bond acceptors (Lipinski definition) is 4. The third-order valence-electron chi connectivity index (χ3n) is 5.21. The number of hydrogen-bond donors (Lipinski definition) is 2. The molecular weight excluding hydrogens is 328 g/mol. The van der Waals surface area contributed by atoms with Crippen molar-refractivity contribution in [3.05, 3.63) is 35.9 Å². The van der Waals surface area contributed by atoms with Crippen LogP contribution >= 0.6 is 0 Å². The summed E-state index contributed by atoms with van der Waals surface area (Å²) in [7, 11) is 0. The van der Waals surface area contributed by atoms with E-state index in [0.717, 1.165) is 71.7 Å². The summed E-state index contributed by atoms with van der Waals surface area (Å²) >= 11 is 0. The molecule has 0 radical (unpaired) electrons. The highest BCUT2D eigenvalue weighted by Crippen LogP contribution is 2.09. The van der Waals surface area contributed by atoms with Crippen molar-refractivity contribution in [3.63, 3.8) is 0 Å². The van der Waals surface area contributed by atoms with Crippen LogP contribution in [0.1, 0.15) is 24.8 Å². The lowest BCUT2D eigenvalue weighted by Gasteiger charge is -2.34. The van der Waals surface area contributed by atoms with Gasteiger partial charge >= 0.3 is 6.03 Å². The molecule has 6 heteroatoms. The summed E-state index contributed by atoms with van der Waals surface area (Å²) in [6.45, 7) is 8.52. The van der Waals surface area contributed by atoms with Gasteiger partial charge in [-0.15, -0.1) is 0 Å². The van der Waals surface area contributed by atoms with Crippen LogP contribution in [0.2, 0.25) is 0 Å². The predicted molar refractivity (Wildman–Crippen MR) is 103 cm³/mol. The molecule has 0 saturated carbocycles. The molecule has 2 aliphatic heterocycles. The normalized spacial score (nSPS) is 22.5. The first-order valence-corrected chi connectivity index (χ1v) is 9.90. The predicted octanol–water partition coefficient (Wildman–Crippen LogP) is 1.67. The zero-order chi connectivity index (χ0) is 18.0. The third-order valence-corrected chi connectivity index (χ3v) is 5.21. The smallest absolute Gasteiger partial charge is 0.315 e. The molecule has 0 aliphatic carbocycles. The zero-order valence-electron chi connectivity index (χ0n) is 15.7. The molecule has 1 atom stereocenters. The molecule has 2 saturated heterocycles. The Balaban J connectivity index is 1.27. The minimum Gasteiger partial charge on any atom is -0.381 e. The van der Waals surface area contributed by atoms with Crippen LogP contribution in [0.3, 0.4) is 0 Å². The van der Waals surface area contributed by atoms with Crippen LogP contribution < -0.4 is 10.6 Å². The van der Waals surface area contributed by atoms with Crippen molar-refractivity contribution in [2.24, 2.45) is 0 Å². The second kappa shape index (κ2) is 10.5. The van der Waals surface area contributed by atoms with Crippen LogP contribution in [0.4, 0.5) is 4.79 Å². The van der Waals surface area contributed by atoms with Gasteiger partial charge in [-0.1, -0.05) is 30.3 Å². The number of nitrogens with one attached hydrogen (secondary N) is 2. The fourth-order valence-electron chi connectivity index (χ4n) is 3.62. The monoisotopic (exact) mass is 360 g/mol. The Morgan fingerprint density at radius 2 is 1.81 bits per heavy atom. The minimum absolute atomic E-state index is 0.0420. The van der Waals surface area contributed by atoms with E-state index in [1.54, 1.807) is 0 Å². The van der Waals surface area contributed by atoms with Gasteiger partial charge in [-0.2, -0.15) is 0 Å².